The summed E-state index contributed by atoms with van der Waals surface area (Å²) >= 11 is 1.84. The summed E-state index contributed by atoms with van der Waals surface area (Å²) in [6.45, 7) is 0. The van der Waals surface area contributed by atoms with Gasteiger partial charge in [0.1, 0.15) is 11.5 Å². The fourth-order valence-corrected chi connectivity index (χ4v) is 7.73. The first-order chi connectivity index (χ1) is 20.8. The van der Waals surface area contributed by atoms with E-state index in [0.717, 1.165) is 41.6 Å². The smallest absolute Gasteiger partial charge is 0.333 e. The zero-order valence-electron chi connectivity index (χ0n) is 24.3. The second kappa shape index (κ2) is 12.5. The number of aromatic nitrogens is 4. The van der Waals surface area contributed by atoms with Crippen molar-refractivity contribution in [2.45, 2.75) is 75.9 Å². The molecule has 4 heterocycles. The van der Waals surface area contributed by atoms with Crippen LogP contribution in [0.2, 0.25) is 0 Å². The van der Waals surface area contributed by atoms with Crippen molar-refractivity contribution in [3.63, 3.8) is 0 Å². The van der Waals surface area contributed by atoms with Gasteiger partial charge in [-0.1, -0.05) is 18.2 Å². The number of carbonyl (C=O) groups is 1. The molecule has 0 atom stereocenters. The van der Waals surface area contributed by atoms with E-state index in [9.17, 15) is 23.6 Å². The lowest BCUT2D eigenvalue weighted by Crippen LogP contribution is -2.46. The van der Waals surface area contributed by atoms with Crippen molar-refractivity contribution in [1.82, 2.24) is 24.0 Å². The third kappa shape index (κ3) is 5.91. The average molecular weight is 606 g/mol. The third-order valence-electron chi connectivity index (χ3n) is 8.99. The Bertz CT molecular complexity index is 1850. The summed E-state index contributed by atoms with van der Waals surface area (Å²) in [4.78, 5) is 56.9. The van der Waals surface area contributed by atoms with Gasteiger partial charge in [0.25, 0.3) is 11.1 Å². The molecule has 11 heteroatoms. The monoisotopic (exact) mass is 605 g/mol. The first-order valence-corrected chi connectivity index (χ1v) is 16.2. The van der Waals surface area contributed by atoms with E-state index in [1.54, 1.807) is 16.2 Å². The molecule has 1 saturated carbocycles. The van der Waals surface area contributed by atoms with Gasteiger partial charge in [-0.2, -0.15) is 11.8 Å². The first kappa shape index (κ1) is 29.3. The minimum atomic E-state index is -0.602. The van der Waals surface area contributed by atoms with Crippen LogP contribution < -0.4 is 22.1 Å². The number of aryl methyl sites for hydroxylation is 1. The van der Waals surface area contributed by atoms with E-state index in [1.807, 2.05) is 42.1 Å². The molecule has 0 radical (unpaired) electrons. The summed E-state index contributed by atoms with van der Waals surface area (Å²) in [6.07, 6.45) is 6.64. The number of fused-ring (bicyclic) bond motifs is 2. The van der Waals surface area contributed by atoms with Gasteiger partial charge in [0, 0.05) is 42.7 Å². The van der Waals surface area contributed by atoms with Gasteiger partial charge in [-0.25, -0.2) is 14.2 Å². The van der Waals surface area contributed by atoms with Crippen molar-refractivity contribution >= 4 is 39.5 Å². The minimum absolute atomic E-state index is 0.0364. The fraction of sp³-hybridized carbons (Fsp3) is 0.469. The number of rotatable bonds is 7. The van der Waals surface area contributed by atoms with Crippen LogP contribution in [-0.2, 0) is 18.3 Å². The van der Waals surface area contributed by atoms with Crippen LogP contribution in [0.5, 0.6) is 0 Å². The summed E-state index contributed by atoms with van der Waals surface area (Å²) < 4.78 is 18.8. The number of hydrogen-bond acceptors (Lipinski definition) is 6. The van der Waals surface area contributed by atoms with Gasteiger partial charge in [-0.05, 0) is 86.5 Å². The summed E-state index contributed by atoms with van der Waals surface area (Å²) in [5, 5.41) is 4.84. The number of hydrogen-bond donors (Lipinski definition) is 1. The van der Waals surface area contributed by atoms with E-state index in [0.29, 0.717) is 50.3 Å². The normalized spacial score (nSPS) is 19.6. The quantitative estimate of drug-likeness (QED) is 0.338. The van der Waals surface area contributed by atoms with Gasteiger partial charge < -0.3 is 9.88 Å². The van der Waals surface area contributed by atoms with E-state index >= 15 is 0 Å². The van der Waals surface area contributed by atoms with Crippen LogP contribution in [0.4, 0.5) is 4.39 Å². The summed E-state index contributed by atoms with van der Waals surface area (Å²) in [7, 11) is 1.76. The van der Waals surface area contributed by atoms with E-state index in [-0.39, 0.29) is 46.3 Å². The molecular formula is C32H36FN5O4S. The standard InChI is InChI=1S/C32H36FN5O4S/c1-36-25(17-20-5-2-3-7-26(20)30(36)40)6-4-8-28(39)35-22-9-11-23(12-10-22)38-31(41)27-18-21(33)19-34-29(27)37(32(38)42)24-13-15-43-16-14-24/h2-3,5,7,17-19,22-24H,4,6,8-16H2,1H3,(H,35,39). The van der Waals surface area contributed by atoms with Crippen molar-refractivity contribution in [3.05, 3.63) is 85.3 Å². The van der Waals surface area contributed by atoms with Crippen molar-refractivity contribution in [3.8, 4) is 0 Å². The lowest BCUT2D eigenvalue weighted by Gasteiger charge is -2.31. The molecule has 1 saturated heterocycles. The van der Waals surface area contributed by atoms with E-state index in [4.69, 9.17) is 0 Å². The molecule has 0 unspecified atom stereocenters. The highest BCUT2D eigenvalue weighted by Gasteiger charge is 2.29. The van der Waals surface area contributed by atoms with Gasteiger partial charge in [0.2, 0.25) is 5.91 Å². The second-order valence-corrected chi connectivity index (χ2v) is 12.9. The molecule has 0 spiro atoms. The summed E-state index contributed by atoms with van der Waals surface area (Å²) in [6, 6.07) is 10.3. The molecule has 2 fully saturated rings. The maximum absolute atomic E-state index is 14.2. The number of benzene rings is 1. The van der Waals surface area contributed by atoms with Crippen LogP contribution >= 0.6 is 11.8 Å². The zero-order valence-corrected chi connectivity index (χ0v) is 25.1. The topological polar surface area (TPSA) is 108 Å². The molecule has 43 heavy (non-hydrogen) atoms. The molecular weight excluding hydrogens is 569 g/mol. The highest BCUT2D eigenvalue weighted by Crippen LogP contribution is 2.30. The predicted molar refractivity (Wildman–Crippen MR) is 167 cm³/mol. The minimum Gasteiger partial charge on any atom is -0.353 e. The Morgan fingerprint density at radius 1 is 0.953 bits per heavy atom. The van der Waals surface area contributed by atoms with Crippen LogP contribution in [0.3, 0.4) is 0 Å². The van der Waals surface area contributed by atoms with Crippen molar-refractivity contribution in [1.29, 1.82) is 0 Å². The Morgan fingerprint density at radius 3 is 2.44 bits per heavy atom. The predicted octanol–water partition coefficient (Wildman–Crippen LogP) is 4.24. The van der Waals surface area contributed by atoms with Gasteiger partial charge >= 0.3 is 5.69 Å². The van der Waals surface area contributed by atoms with Crippen molar-refractivity contribution < 1.29 is 9.18 Å². The number of nitrogens with zero attached hydrogens (tertiary/aromatic N) is 4. The molecule has 0 bridgehead atoms. The molecule has 9 nitrogen and oxygen atoms in total. The number of halogens is 1. The highest BCUT2D eigenvalue weighted by atomic mass is 32.2. The van der Waals surface area contributed by atoms with Crippen LogP contribution in [-0.4, -0.2) is 42.1 Å². The molecule has 1 aromatic carbocycles. The number of carbonyl (C=O) groups excluding carboxylic acids is 1. The lowest BCUT2D eigenvalue weighted by molar-refractivity contribution is -0.122. The Balaban J connectivity index is 1.11. The number of pyridine rings is 2. The number of nitrogens with one attached hydrogen (secondary N) is 1. The average Bonchev–Trinajstić information content (AvgIpc) is 3.01. The van der Waals surface area contributed by atoms with Gasteiger partial charge in [0.15, 0.2) is 0 Å². The van der Waals surface area contributed by atoms with Gasteiger partial charge in [-0.3, -0.25) is 23.5 Å². The van der Waals surface area contributed by atoms with Crippen molar-refractivity contribution in [2.24, 2.45) is 7.05 Å². The van der Waals surface area contributed by atoms with Gasteiger partial charge in [-0.15, -0.1) is 0 Å². The van der Waals surface area contributed by atoms with Crippen LogP contribution in [0.15, 0.2) is 57.0 Å². The number of thioether (sulfide) groups is 1. The summed E-state index contributed by atoms with van der Waals surface area (Å²) in [5.74, 6) is 1.19. The molecule has 1 amide bonds. The van der Waals surface area contributed by atoms with E-state index in [2.05, 4.69) is 10.3 Å². The maximum Gasteiger partial charge on any atom is 0.333 e. The molecule has 3 aromatic heterocycles. The molecule has 1 aliphatic carbocycles. The SMILES string of the molecule is Cn1c(CCCC(=O)NC2CCC(n3c(=O)c4cc(F)cnc4n(C4CCSCC4)c3=O)CC2)cc2ccccc2c1=O. The third-order valence-corrected chi connectivity index (χ3v) is 10.0. The summed E-state index contributed by atoms with van der Waals surface area (Å²) in [5.41, 5.74) is 0.249. The Hall–Kier alpha value is -3.73. The Kier molecular flexibility index (Phi) is 8.52. The molecule has 2 aliphatic rings. The van der Waals surface area contributed by atoms with Crippen LogP contribution in [0, 0.1) is 5.82 Å². The zero-order chi connectivity index (χ0) is 30.1. The molecule has 1 N–H and O–H groups in total. The highest BCUT2D eigenvalue weighted by molar-refractivity contribution is 7.99. The van der Waals surface area contributed by atoms with Gasteiger partial charge in [0.05, 0.1) is 11.6 Å². The fourth-order valence-electron chi connectivity index (χ4n) is 6.65. The largest absolute Gasteiger partial charge is 0.353 e. The van der Waals surface area contributed by atoms with Crippen LogP contribution in [0.25, 0.3) is 21.8 Å². The first-order valence-electron chi connectivity index (χ1n) is 15.1. The maximum atomic E-state index is 14.2. The number of amides is 1. The molecule has 6 rings (SSSR count). The molecule has 4 aromatic rings. The Labute approximate surface area is 252 Å². The van der Waals surface area contributed by atoms with E-state index in [1.165, 1.54) is 10.6 Å². The van der Waals surface area contributed by atoms with Crippen LogP contribution in [0.1, 0.15) is 69.1 Å². The Morgan fingerprint density at radius 2 is 1.67 bits per heavy atom. The van der Waals surface area contributed by atoms with Crippen molar-refractivity contribution in [2.75, 3.05) is 11.5 Å². The molecule has 1 aliphatic heterocycles. The van der Waals surface area contributed by atoms with E-state index < -0.39 is 11.4 Å². The second-order valence-electron chi connectivity index (χ2n) is 11.7. The molecule has 226 valence electrons. The lowest BCUT2D eigenvalue weighted by atomic mass is 9.90.